The zero-order chi connectivity index (χ0) is 19.1. The van der Waals surface area contributed by atoms with Crippen molar-refractivity contribution in [2.24, 2.45) is 0 Å². The summed E-state index contributed by atoms with van der Waals surface area (Å²) in [5.41, 5.74) is -0.0671. The molecule has 0 radical (unpaired) electrons. The highest BCUT2D eigenvalue weighted by molar-refractivity contribution is 8.00. The number of nitrogens with one attached hydrogen (secondary N) is 2. The molecule has 2 fully saturated rings. The molecule has 26 heavy (non-hydrogen) atoms. The molecule has 1 aromatic carbocycles. The average Bonchev–Trinajstić information content (AvgIpc) is 3.12. The van der Waals surface area contributed by atoms with Gasteiger partial charge in [-0.1, -0.05) is 18.6 Å². The van der Waals surface area contributed by atoms with Gasteiger partial charge >= 0.3 is 18.0 Å². The van der Waals surface area contributed by atoms with Crippen LogP contribution in [0.25, 0.3) is 0 Å². The first-order chi connectivity index (χ1) is 12.4. The summed E-state index contributed by atoms with van der Waals surface area (Å²) in [5.74, 6) is -1.08. The van der Waals surface area contributed by atoms with Gasteiger partial charge in [-0.05, 0) is 25.0 Å². The summed E-state index contributed by atoms with van der Waals surface area (Å²) in [6.45, 7) is 0. The molecule has 142 valence electrons. The normalized spacial score (nSPS) is 23.2. The number of aromatic hydroxyl groups is 1. The largest absolute Gasteiger partial charge is 0.507 e. The first-order valence-corrected chi connectivity index (χ1v) is 9.35. The third-order valence-corrected chi connectivity index (χ3v) is 5.71. The Balaban J connectivity index is 0.000000209. The van der Waals surface area contributed by atoms with Crippen molar-refractivity contribution in [1.29, 1.82) is 0 Å². The molecule has 0 unspecified atom stereocenters. The number of hydrogen-bond acceptors (Lipinski definition) is 5. The molecular weight excluding hydrogens is 360 g/mol. The Morgan fingerprint density at radius 3 is 2.50 bits per heavy atom. The lowest BCUT2D eigenvalue weighted by molar-refractivity contribution is -0.137. The summed E-state index contributed by atoms with van der Waals surface area (Å²) >= 11 is 1.87. The molecule has 5 N–H and O–H groups in total. The molecule has 0 aliphatic carbocycles. The second-order valence-electron chi connectivity index (χ2n) is 6.08. The number of rotatable bonds is 6. The van der Waals surface area contributed by atoms with E-state index < -0.39 is 11.9 Å². The molecule has 2 saturated heterocycles. The lowest BCUT2D eigenvalue weighted by atomic mass is 10.0. The molecule has 2 aliphatic heterocycles. The van der Waals surface area contributed by atoms with Crippen molar-refractivity contribution < 1.29 is 29.7 Å². The maximum Gasteiger partial charge on any atom is 0.339 e. The van der Waals surface area contributed by atoms with Gasteiger partial charge < -0.3 is 26.0 Å². The van der Waals surface area contributed by atoms with E-state index >= 15 is 0 Å². The number of phenols is 1. The lowest BCUT2D eigenvalue weighted by Crippen LogP contribution is -2.36. The Hall–Kier alpha value is -2.42. The summed E-state index contributed by atoms with van der Waals surface area (Å²) in [6.07, 6.45) is 2.88. The molecule has 0 saturated carbocycles. The number of urea groups is 1. The lowest BCUT2D eigenvalue weighted by Gasteiger charge is -2.16. The smallest absolute Gasteiger partial charge is 0.339 e. The number of amides is 2. The van der Waals surface area contributed by atoms with Crippen LogP contribution in [0.1, 0.15) is 36.0 Å². The molecule has 1 aromatic rings. The first kappa shape index (κ1) is 19.9. The Morgan fingerprint density at radius 1 is 1.15 bits per heavy atom. The van der Waals surface area contributed by atoms with Gasteiger partial charge in [-0.15, -0.1) is 0 Å². The first-order valence-electron chi connectivity index (χ1n) is 8.30. The number of aromatic carboxylic acids is 1. The molecule has 8 nitrogen and oxygen atoms in total. The summed E-state index contributed by atoms with van der Waals surface area (Å²) in [4.78, 5) is 31.7. The Kier molecular flexibility index (Phi) is 7.14. The molecule has 3 rings (SSSR count). The molecule has 2 aliphatic rings. The number of thioether (sulfide) groups is 1. The minimum absolute atomic E-state index is 0.0640. The topological polar surface area (TPSA) is 136 Å². The predicted molar refractivity (Wildman–Crippen MR) is 96.7 cm³/mol. The second-order valence-corrected chi connectivity index (χ2v) is 7.36. The van der Waals surface area contributed by atoms with Crippen LogP contribution >= 0.6 is 11.8 Å². The predicted octanol–water partition coefficient (Wildman–Crippen LogP) is 1.89. The van der Waals surface area contributed by atoms with Crippen molar-refractivity contribution in [2.45, 2.75) is 43.0 Å². The molecule has 0 spiro atoms. The zero-order valence-electron chi connectivity index (χ0n) is 14.1. The summed E-state index contributed by atoms with van der Waals surface area (Å²) in [6, 6.07) is 6.25. The van der Waals surface area contributed by atoms with E-state index in [1.807, 2.05) is 11.8 Å². The van der Waals surface area contributed by atoms with E-state index in [4.69, 9.17) is 15.3 Å². The van der Waals surface area contributed by atoms with Gasteiger partial charge in [-0.3, -0.25) is 4.79 Å². The van der Waals surface area contributed by atoms with Gasteiger partial charge in [-0.2, -0.15) is 11.8 Å². The van der Waals surface area contributed by atoms with Crippen molar-refractivity contribution in [3.63, 3.8) is 0 Å². The fourth-order valence-corrected chi connectivity index (χ4v) is 4.46. The van der Waals surface area contributed by atoms with E-state index in [0.717, 1.165) is 25.0 Å². The van der Waals surface area contributed by atoms with Crippen LogP contribution in [0.3, 0.4) is 0 Å². The Labute approximate surface area is 155 Å². The number of carbonyl (C=O) groups excluding carboxylic acids is 1. The van der Waals surface area contributed by atoms with E-state index in [1.165, 1.54) is 12.1 Å². The Bertz CT molecular complexity index is 668. The highest BCUT2D eigenvalue weighted by Crippen LogP contribution is 2.33. The van der Waals surface area contributed by atoms with Crippen LogP contribution in [-0.4, -0.2) is 56.4 Å². The number of hydrogen-bond donors (Lipinski definition) is 5. The van der Waals surface area contributed by atoms with Crippen molar-refractivity contribution in [1.82, 2.24) is 10.6 Å². The van der Waals surface area contributed by atoms with E-state index in [1.54, 1.807) is 12.1 Å². The third kappa shape index (κ3) is 5.55. The number of carbonyl (C=O) groups is 3. The van der Waals surface area contributed by atoms with Crippen LogP contribution in [0.15, 0.2) is 24.3 Å². The van der Waals surface area contributed by atoms with Crippen molar-refractivity contribution in [2.75, 3.05) is 5.75 Å². The molecular formula is C17H22N2O6S. The van der Waals surface area contributed by atoms with Crippen LogP contribution in [0, 0.1) is 0 Å². The number of carboxylic acids is 2. The number of para-hydroxylation sites is 1. The van der Waals surface area contributed by atoms with Gasteiger partial charge in [0, 0.05) is 17.4 Å². The number of unbranched alkanes of at least 4 members (excludes halogenated alkanes) is 1. The fraction of sp³-hybridized carbons (Fsp3) is 0.471. The quantitative estimate of drug-likeness (QED) is 0.374. The van der Waals surface area contributed by atoms with E-state index in [-0.39, 0.29) is 35.8 Å². The number of benzene rings is 1. The minimum atomic E-state index is -1.11. The maximum atomic E-state index is 11.1. The average molecular weight is 382 g/mol. The third-order valence-electron chi connectivity index (χ3n) is 4.20. The van der Waals surface area contributed by atoms with Crippen molar-refractivity contribution in [3.05, 3.63) is 29.8 Å². The monoisotopic (exact) mass is 382 g/mol. The summed E-state index contributed by atoms with van der Waals surface area (Å²) in [5, 5.41) is 32.1. The second kappa shape index (κ2) is 9.33. The van der Waals surface area contributed by atoms with E-state index in [0.29, 0.717) is 5.25 Å². The van der Waals surface area contributed by atoms with Gasteiger partial charge in [0.2, 0.25) is 0 Å². The molecule has 9 heteroatoms. The highest BCUT2D eigenvalue weighted by Gasteiger charge is 2.42. The van der Waals surface area contributed by atoms with Crippen LogP contribution in [-0.2, 0) is 4.79 Å². The maximum absolute atomic E-state index is 11.1. The van der Waals surface area contributed by atoms with E-state index in [2.05, 4.69) is 10.6 Å². The van der Waals surface area contributed by atoms with Gasteiger partial charge in [-0.25, -0.2) is 9.59 Å². The SMILES string of the molecule is O=C(O)CCCC[C@@H]1SC[C@@H]2NC(=O)N[C@@H]21.O=C(O)c1ccccc1O. The number of aliphatic carboxylic acids is 1. The molecule has 0 aromatic heterocycles. The standard InChI is InChI=1S/C10H16N2O3S.C7H6O3/c13-8(14)4-2-1-3-7-9-6(5-16-7)11-10(15)12-9;8-6-4-2-1-3-5(6)7(9)10/h6-7,9H,1-5H2,(H,13,14)(H2,11,12,15);1-4,8H,(H,9,10)/t6-,7-,9-;/m0./s1. The minimum Gasteiger partial charge on any atom is -0.507 e. The number of fused-ring (bicyclic) bond motifs is 1. The Morgan fingerprint density at radius 2 is 1.88 bits per heavy atom. The number of carboxylic acid groups (broad SMARTS) is 2. The van der Waals surface area contributed by atoms with Crippen LogP contribution < -0.4 is 10.6 Å². The molecule has 2 amide bonds. The molecule has 2 heterocycles. The van der Waals surface area contributed by atoms with Crippen LogP contribution in [0.4, 0.5) is 4.79 Å². The van der Waals surface area contributed by atoms with Gasteiger partial charge in [0.1, 0.15) is 11.3 Å². The van der Waals surface area contributed by atoms with Gasteiger partial charge in [0.05, 0.1) is 12.1 Å². The van der Waals surface area contributed by atoms with Crippen LogP contribution in [0.5, 0.6) is 5.75 Å². The summed E-state index contributed by atoms with van der Waals surface area (Å²) < 4.78 is 0. The van der Waals surface area contributed by atoms with E-state index in [9.17, 15) is 14.4 Å². The fourth-order valence-electron chi connectivity index (χ4n) is 2.92. The zero-order valence-corrected chi connectivity index (χ0v) is 14.9. The molecule has 3 atom stereocenters. The molecule has 0 bridgehead atoms. The highest BCUT2D eigenvalue weighted by atomic mass is 32.2. The van der Waals surface area contributed by atoms with Crippen molar-refractivity contribution in [3.8, 4) is 5.75 Å². The van der Waals surface area contributed by atoms with Gasteiger partial charge in [0.25, 0.3) is 0 Å². The van der Waals surface area contributed by atoms with Gasteiger partial charge in [0.15, 0.2) is 0 Å². The van der Waals surface area contributed by atoms with Crippen LogP contribution in [0.2, 0.25) is 0 Å². The van der Waals surface area contributed by atoms with Crippen molar-refractivity contribution >= 4 is 29.7 Å². The summed E-state index contributed by atoms with van der Waals surface area (Å²) in [7, 11) is 0.